The van der Waals surface area contributed by atoms with Gasteiger partial charge in [-0.25, -0.2) is 4.98 Å². The number of nitrogens with zero attached hydrogens (tertiary/aromatic N) is 1. The van der Waals surface area contributed by atoms with E-state index in [1.165, 1.54) is 6.20 Å². The second-order valence-corrected chi connectivity index (χ2v) is 5.97. The number of aromatic nitrogens is 1. The molecule has 0 radical (unpaired) electrons. The number of benzene rings is 1. The molecule has 0 saturated heterocycles. The van der Waals surface area contributed by atoms with Crippen molar-refractivity contribution in [3.63, 3.8) is 0 Å². The molecule has 2 atom stereocenters. The Hall–Kier alpha value is -1.56. The molecular formula is C15H12BrF3N2. The van der Waals surface area contributed by atoms with Gasteiger partial charge in [0.2, 0.25) is 0 Å². The van der Waals surface area contributed by atoms with Crippen LogP contribution in [0.25, 0.3) is 0 Å². The van der Waals surface area contributed by atoms with E-state index >= 15 is 0 Å². The van der Waals surface area contributed by atoms with Crippen molar-refractivity contribution in [1.82, 2.24) is 4.98 Å². The van der Waals surface area contributed by atoms with E-state index in [1.807, 2.05) is 30.3 Å². The zero-order valence-corrected chi connectivity index (χ0v) is 12.4. The fourth-order valence-corrected chi connectivity index (χ4v) is 2.70. The van der Waals surface area contributed by atoms with Crippen molar-refractivity contribution >= 4 is 21.7 Å². The molecule has 1 aliphatic carbocycles. The van der Waals surface area contributed by atoms with Crippen LogP contribution >= 0.6 is 15.9 Å². The molecule has 2 nitrogen and oxygen atoms in total. The highest BCUT2D eigenvalue weighted by Crippen LogP contribution is 2.44. The summed E-state index contributed by atoms with van der Waals surface area (Å²) in [6, 6.07) is 10.8. The van der Waals surface area contributed by atoms with E-state index < -0.39 is 11.7 Å². The molecule has 2 aromatic rings. The summed E-state index contributed by atoms with van der Waals surface area (Å²) in [6.45, 7) is 0. The summed E-state index contributed by atoms with van der Waals surface area (Å²) < 4.78 is 39.4. The van der Waals surface area contributed by atoms with E-state index in [2.05, 4.69) is 26.2 Å². The predicted octanol–water partition coefficient (Wildman–Crippen LogP) is 4.83. The molecule has 21 heavy (non-hydrogen) atoms. The molecule has 3 rings (SSSR count). The Morgan fingerprint density at radius 1 is 1.19 bits per heavy atom. The summed E-state index contributed by atoms with van der Waals surface area (Å²) in [7, 11) is 0. The molecule has 1 heterocycles. The van der Waals surface area contributed by atoms with E-state index in [4.69, 9.17) is 0 Å². The molecule has 2 unspecified atom stereocenters. The maximum absolute atomic E-state index is 13.0. The Kier molecular flexibility index (Phi) is 3.65. The maximum atomic E-state index is 13.0. The number of pyridine rings is 1. The number of halogens is 4. The topological polar surface area (TPSA) is 24.9 Å². The van der Waals surface area contributed by atoms with Crippen molar-refractivity contribution in [1.29, 1.82) is 0 Å². The van der Waals surface area contributed by atoms with Gasteiger partial charge < -0.3 is 5.32 Å². The standard InChI is InChI=1S/C15H12BrF3N2/c16-10-6-12(15(17,18)19)14(20-8-10)21-13-7-11(13)9-4-2-1-3-5-9/h1-6,8,11,13H,7H2,(H,20,21). The van der Waals surface area contributed by atoms with E-state index in [0.717, 1.165) is 18.1 Å². The summed E-state index contributed by atoms with van der Waals surface area (Å²) in [5, 5.41) is 2.91. The fraction of sp³-hybridized carbons (Fsp3) is 0.267. The molecule has 1 aromatic carbocycles. The second-order valence-electron chi connectivity index (χ2n) is 5.05. The van der Waals surface area contributed by atoms with Crippen LogP contribution in [-0.4, -0.2) is 11.0 Å². The van der Waals surface area contributed by atoms with Crippen LogP contribution < -0.4 is 5.32 Å². The first-order chi connectivity index (χ1) is 9.95. The highest BCUT2D eigenvalue weighted by atomic mass is 79.9. The van der Waals surface area contributed by atoms with Crippen molar-refractivity contribution in [3.8, 4) is 0 Å². The number of rotatable bonds is 3. The van der Waals surface area contributed by atoms with Gasteiger partial charge in [-0.15, -0.1) is 0 Å². The number of nitrogens with one attached hydrogen (secondary N) is 1. The van der Waals surface area contributed by atoms with Crippen LogP contribution in [0.3, 0.4) is 0 Å². The van der Waals surface area contributed by atoms with Crippen LogP contribution in [0, 0.1) is 0 Å². The first kappa shape index (κ1) is 14.4. The maximum Gasteiger partial charge on any atom is 0.419 e. The molecule has 0 spiro atoms. The number of anilines is 1. The molecule has 1 fully saturated rings. The van der Waals surface area contributed by atoms with Crippen LogP contribution in [-0.2, 0) is 6.18 Å². The molecule has 0 amide bonds. The molecule has 0 aliphatic heterocycles. The molecular weight excluding hydrogens is 345 g/mol. The van der Waals surface area contributed by atoms with E-state index in [-0.39, 0.29) is 17.8 Å². The Labute approximate surface area is 128 Å². The van der Waals surface area contributed by atoms with Gasteiger partial charge in [0.1, 0.15) is 5.82 Å². The first-order valence-corrected chi connectivity index (χ1v) is 7.28. The van der Waals surface area contributed by atoms with Crippen LogP contribution in [0.2, 0.25) is 0 Å². The number of alkyl halides is 3. The van der Waals surface area contributed by atoms with Crippen LogP contribution in [0.1, 0.15) is 23.5 Å². The Morgan fingerprint density at radius 3 is 2.57 bits per heavy atom. The quantitative estimate of drug-likeness (QED) is 0.851. The Morgan fingerprint density at radius 2 is 1.90 bits per heavy atom. The highest BCUT2D eigenvalue weighted by Gasteiger charge is 2.41. The average molecular weight is 357 g/mol. The van der Waals surface area contributed by atoms with Gasteiger partial charge in [0.15, 0.2) is 0 Å². The summed E-state index contributed by atoms with van der Waals surface area (Å²) in [5.74, 6) is 0.145. The lowest BCUT2D eigenvalue weighted by atomic mass is 10.1. The predicted molar refractivity (Wildman–Crippen MR) is 78.1 cm³/mol. The smallest absolute Gasteiger partial charge is 0.366 e. The normalized spacial score (nSPS) is 21.1. The van der Waals surface area contributed by atoms with Gasteiger partial charge in [0.25, 0.3) is 0 Å². The third-order valence-electron chi connectivity index (χ3n) is 3.50. The van der Waals surface area contributed by atoms with E-state index in [9.17, 15) is 13.2 Å². The van der Waals surface area contributed by atoms with Gasteiger partial charge in [-0.2, -0.15) is 13.2 Å². The summed E-state index contributed by atoms with van der Waals surface area (Å²) >= 11 is 3.03. The summed E-state index contributed by atoms with van der Waals surface area (Å²) in [6.07, 6.45) is -2.23. The molecule has 0 bridgehead atoms. The molecule has 1 aliphatic rings. The van der Waals surface area contributed by atoms with Crippen molar-refractivity contribution in [2.45, 2.75) is 24.6 Å². The van der Waals surface area contributed by atoms with Crippen LogP contribution in [0.15, 0.2) is 47.1 Å². The largest absolute Gasteiger partial charge is 0.419 e. The van der Waals surface area contributed by atoms with Gasteiger partial charge >= 0.3 is 6.18 Å². The van der Waals surface area contributed by atoms with Crippen molar-refractivity contribution in [2.75, 3.05) is 5.32 Å². The number of hydrogen-bond acceptors (Lipinski definition) is 2. The minimum absolute atomic E-state index is 0.00201. The van der Waals surface area contributed by atoms with Gasteiger partial charge in [-0.3, -0.25) is 0 Å². The van der Waals surface area contributed by atoms with Crippen LogP contribution in [0.4, 0.5) is 19.0 Å². The SMILES string of the molecule is FC(F)(F)c1cc(Br)cnc1NC1CC1c1ccccc1. The van der Waals surface area contributed by atoms with Crippen molar-refractivity contribution in [2.24, 2.45) is 0 Å². The lowest BCUT2D eigenvalue weighted by Gasteiger charge is -2.14. The van der Waals surface area contributed by atoms with Crippen molar-refractivity contribution in [3.05, 3.63) is 58.2 Å². The zero-order chi connectivity index (χ0) is 15.0. The molecule has 110 valence electrons. The summed E-state index contributed by atoms with van der Waals surface area (Å²) in [4.78, 5) is 3.87. The third kappa shape index (κ3) is 3.20. The summed E-state index contributed by atoms with van der Waals surface area (Å²) in [5.41, 5.74) is 0.399. The molecule has 1 saturated carbocycles. The van der Waals surface area contributed by atoms with Gasteiger partial charge in [0, 0.05) is 22.6 Å². The minimum atomic E-state index is -4.42. The van der Waals surface area contributed by atoms with Gasteiger partial charge in [0.05, 0.1) is 5.56 Å². The van der Waals surface area contributed by atoms with Crippen molar-refractivity contribution < 1.29 is 13.2 Å². The third-order valence-corrected chi connectivity index (χ3v) is 3.93. The Balaban J connectivity index is 1.78. The van der Waals surface area contributed by atoms with Gasteiger partial charge in [-0.1, -0.05) is 30.3 Å². The second kappa shape index (κ2) is 5.33. The first-order valence-electron chi connectivity index (χ1n) is 6.49. The van der Waals surface area contributed by atoms with Gasteiger partial charge in [-0.05, 0) is 34.0 Å². The average Bonchev–Trinajstić information content (AvgIpc) is 3.20. The highest BCUT2D eigenvalue weighted by molar-refractivity contribution is 9.10. The lowest BCUT2D eigenvalue weighted by molar-refractivity contribution is -0.137. The van der Waals surface area contributed by atoms with Crippen LogP contribution in [0.5, 0.6) is 0 Å². The monoisotopic (exact) mass is 356 g/mol. The fourth-order valence-electron chi connectivity index (χ4n) is 2.37. The zero-order valence-electron chi connectivity index (χ0n) is 10.9. The number of hydrogen-bond donors (Lipinski definition) is 1. The molecule has 1 N–H and O–H groups in total. The molecule has 1 aromatic heterocycles. The Bertz CT molecular complexity index is 643. The lowest BCUT2D eigenvalue weighted by Crippen LogP contribution is -2.14. The molecule has 6 heteroatoms. The van der Waals surface area contributed by atoms with E-state index in [0.29, 0.717) is 4.47 Å². The van der Waals surface area contributed by atoms with E-state index in [1.54, 1.807) is 0 Å². The minimum Gasteiger partial charge on any atom is -0.366 e.